The Morgan fingerprint density at radius 3 is 1.70 bits per heavy atom. The van der Waals surface area contributed by atoms with Gasteiger partial charge in [0, 0.05) is 24.3 Å². The predicted molar refractivity (Wildman–Crippen MR) is 132 cm³/mol. The van der Waals surface area contributed by atoms with Crippen molar-refractivity contribution in [1.29, 1.82) is 0 Å². The summed E-state index contributed by atoms with van der Waals surface area (Å²) >= 11 is 0. The van der Waals surface area contributed by atoms with Gasteiger partial charge in [-0.3, -0.25) is 29.8 Å². The van der Waals surface area contributed by atoms with Crippen molar-refractivity contribution < 1.29 is 33.6 Å². The van der Waals surface area contributed by atoms with E-state index in [0.29, 0.717) is 17.7 Å². The molecule has 0 amide bonds. The van der Waals surface area contributed by atoms with Crippen molar-refractivity contribution in [2.24, 2.45) is 0 Å². The van der Waals surface area contributed by atoms with Crippen LogP contribution in [0.15, 0.2) is 66.7 Å². The zero-order valence-corrected chi connectivity index (χ0v) is 20.0. The van der Waals surface area contributed by atoms with Crippen molar-refractivity contribution in [3.05, 3.63) is 98.1 Å². The lowest BCUT2D eigenvalue weighted by Crippen LogP contribution is -2.16. The molecule has 0 atom stereocenters. The number of nitro groups is 2. The average Bonchev–Trinajstić information content (AvgIpc) is 2.86. The van der Waals surface area contributed by atoms with E-state index in [1.807, 2.05) is 6.92 Å². The van der Waals surface area contributed by atoms with Crippen LogP contribution in [0.3, 0.4) is 0 Å². The Morgan fingerprint density at radius 2 is 1.22 bits per heavy atom. The van der Waals surface area contributed by atoms with Crippen LogP contribution in [0.2, 0.25) is 0 Å². The van der Waals surface area contributed by atoms with Crippen LogP contribution in [0.25, 0.3) is 0 Å². The molecule has 11 nitrogen and oxygen atoms in total. The third-order valence-electron chi connectivity index (χ3n) is 5.13. The molecular formula is C26H24N2O9. The number of carbonyl (C=O) groups excluding carboxylic acids is 2. The number of non-ortho nitro benzene ring substituents is 2. The summed E-state index contributed by atoms with van der Waals surface area (Å²) in [4.78, 5) is 45.9. The monoisotopic (exact) mass is 508 g/mol. The van der Waals surface area contributed by atoms with Gasteiger partial charge < -0.3 is 14.2 Å². The van der Waals surface area contributed by atoms with E-state index in [1.165, 1.54) is 54.6 Å². The van der Waals surface area contributed by atoms with E-state index in [0.717, 1.165) is 12.8 Å². The van der Waals surface area contributed by atoms with E-state index in [1.54, 1.807) is 12.1 Å². The molecule has 37 heavy (non-hydrogen) atoms. The Morgan fingerprint density at radius 1 is 0.730 bits per heavy atom. The first-order valence-electron chi connectivity index (χ1n) is 11.4. The fourth-order valence-corrected chi connectivity index (χ4v) is 3.23. The lowest BCUT2D eigenvalue weighted by molar-refractivity contribution is -0.385. The van der Waals surface area contributed by atoms with Crippen LogP contribution < -0.4 is 14.2 Å². The minimum absolute atomic E-state index is 0.0297. The molecule has 0 aliphatic rings. The second kappa shape index (κ2) is 12.8. The minimum Gasteiger partial charge on any atom is -0.490 e. The molecular weight excluding hydrogens is 484 g/mol. The number of carbonyl (C=O) groups is 2. The predicted octanol–water partition coefficient (Wildman–Crippen LogP) is 4.98. The van der Waals surface area contributed by atoms with E-state index < -0.39 is 21.8 Å². The van der Waals surface area contributed by atoms with Crippen molar-refractivity contribution in [2.45, 2.75) is 32.6 Å². The summed E-state index contributed by atoms with van der Waals surface area (Å²) in [6.07, 6.45) is 1.27. The first kappa shape index (κ1) is 26.8. The topological polar surface area (TPSA) is 148 Å². The standard InChI is InChI=1S/C26H24N2O9/c1-2-3-15-35-22-5-4-6-23(36-24(29)16-18-7-11-20(12-8-18)27(31)32)26(22)37-25(30)17-19-9-13-21(14-10-19)28(33)34/h4-14H,2-3,15-17H2,1H3. The summed E-state index contributed by atoms with van der Waals surface area (Å²) in [5, 5.41) is 21.7. The highest BCUT2D eigenvalue weighted by molar-refractivity contribution is 5.80. The number of hydrogen-bond donors (Lipinski definition) is 0. The van der Waals surface area contributed by atoms with Crippen LogP contribution in [0.5, 0.6) is 17.2 Å². The molecule has 192 valence electrons. The molecule has 0 aliphatic carbocycles. The largest absolute Gasteiger partial charge is 0.490 e. The number of esters is 2. The molecule has 0 radical (unpaired) electrons. The van der Waals surface area contributed by atoms with Gasteiger partial charge in [0.2, 0.25) is 5.75 Å². The van der Waals surface area contributed by atoms with Crippen molar-refractivity contribution in [1.82, 2.24) is 0 Å². The van der Waals surface area contributed by atoms with Gasteiger partial charge >= 0.3 is 11.9 Å². The second-order valence-corrected chi connectivity index (χ2v) is 7.93. The maximum Gasteiger partial charge on any atom is 0.315 e. The van der Waals surface area contributed by atoms with Crippen LogP contribution in [-0.4, -0.2) is 28.4 Å². The smallest absolute Gasteiger partial charge is 0.315 e. The van der Waals surface area contributed by atoms with E-state index in [4.69, 9.17) is 14.2 Å². The summed E-state index contributed by atoms with van der Waals surface area (Å²) in [6.45, 7) is 2.34. The Bertz CT molecular complexity index is 1270. The number of ether oxygens (including phenoxy) is 3. The molecule has 0 unspecified atom stereocenters. The molecule has 0 bridgehead atoms. The van der Waals surface area contributed by atoms with E-state index in [-0.39, 0.29) is 41.5 Å². The van der Waals surface area contributed by atoms with Gasteiger partial charge in [0.05, 0.1) is 29.3 Å². The maximum atomic E-state index is 12.7. The summed E-state index contributed by atoms with van der Waals surface area (Å²) in [7, 11) is 0. The molecule has 3 aromatic carbocycles. The van der Waals surface area contributed by atoms with Gasteiger partial charge in [-0.2, -0.15) is 0 Å². The molecule has 0 saturated heterocycles. The zero-order valence-electron chi connectivity index (χ0n) is 20.0. The van der Waals surface area contributed by atoms with Gasteiger partial charge in [-0.25, -0.2) is 0 Å². The summed E-state index contributed by atoms with van der Waals surface area (Å²) in [5.41, 5.74) is 0.796. The van der Waals surface area contributed by atoms with E-state index in [2.05, 4.69) is 0 Å². The fraction of sp³-hybridized carbons (Fsp3) is 0.231. The number of benzene rings is 3. The molecule has 0 heterocycles. The normalized spacial score (nSPS) is 10.4. The van der Waals surface area contributed by atoms with Gasteiger partial charge in [-0.1, -0.05) is 43.7 Å². The van der Waals surface area contributed by atoms with Gasteiger partial charge in [0.15, 0.2) is 11.5 Å². The Hall–Kier alpha value is -4.80. The molecule has 0 saturated carbocycles. The summed E-state index contributed by atoms with van der Waals surface area (Å²) < 4.78 is 16.7. The van der Waals surface area contributed by atoms with Crippen molar-refractivity contribution >= 4 is 23.3 Å². The molecule has 0 aromatic heterocycles. The molecule has 0 spiro atoms. The lowest BCUT2D eigenvalue weighted by atomic mass is 10.1. The first-order chi connectivity index (χ1) is 17.8. The fourth-order valence-electron chi connectivity index (χ4n) is 3.23. The van der Waals surface area contributed by atoms with Gasteiger partial charge in [-0.15, -0.1) is 0 Å². The van der Waals surface area contributed by atoms with Gasteiger partial charge in [-0.05, 0) is 29.7 Å². The highest BCUT2D eigenvalue weighted by Gasteiger charge is 2.20. The molecule has 3 aromatic rings. The van der Waals surface area contributed by atoms with Gasteiger partial charge in [0.1, 0.15) is 0 Å². The molecule has 3 rings (SSSR count). The minimum atomic E-state index is -0.687. The number of nitro benzene ring substituents is 2. The molecule has 11 heteroatoms. The van der Waals surface area contributed by atoms with Crippen molar-refractivity contribution in [3.8, 4) is 17.2 Å². The summed E-state index contributed by atoms with van der Waals surface area (Å²) in [6, 6.07) is 15.6. The highest BCUT2D eigenvalue weighted by atomic mass is 16.6. The average molecular weight is 508 g/mol. The molecule has 0 fully saturated rings. The number of rotatable bonds is 12. The third-order valence-corrected chi connectivity index (χ3v) is 5.13. The first-order valence-corrected chi connectivity index (χ1v) is 11.4. The number of unbranched alkanes of at least 4 members (excludes halogenated alkanes) is 1. The Kier molecular flexibility index (Phi) is 9.25. The Balaban J connectivity index is 1.76. The van der Waals surface area contributed by atoms with Crippen molar-refractivity contribution in [2.75, 3.05) is 6.61 Å². The van der Waals surface area contributed by atoms with Crippen LogP contribution >= 0.6 is 0 Å². The van der Waals surface area contributed by atoms with Crippen LogP contribution in [0, 0.1) is 20.2 Å². The van der Waals surface area contributed by atoms with Crippen molar-refractivity contribution in [3.63, 3.8) is 0 Å². The van der Waals surface area contributed by atoms with Crippen LogP contribution in [-0.2, 0) is 22.4 Å². The third kappa shape index (κ3) is 7.85. The van der Waals surface area contributed by atoms with E-state index in [9.17, 15) is 29.8 Å². The zero-order chi connectivity index (χ0) is 26.8. The number of hydrogen-bond acceptors (Lipinski definition) is 9. The van der Waals surface area contributed by atoms with Crippen LogP contribution in [0.4, 0.5) is 11.4 Å². The molecule has 0 aliphatic heterocycles. The SMILES string of the molecule is CCCCOc1cccc(OC(=O)Cc2ccc([N+](=O)[O-])cc2)c1OC(=O)Cc1ccc([N+](=O)[O-])cc1. The quantitative estimate of drug-likeness (QED) is 0.109. The van der Waals surface area contributed by atoms with Gasteiger partial charge in [0.25, 0.3) is 11.4 Å². The maximum absolute atomic E-state index is 12.7. The van der Waals surface area contributed by atoms with E-state index >= 15 is 0 Å². The number of para-hydroxylation sites is 1. The second-order valence-electron chi connectivity index (χ2n) is 7.93. The lowest BCUT2D eigenvalue weighted by Gasteiger charge is -2.15. The molecule has 0 N–H and O–H groups in total. The Labute approximate surface area is 211 Å². The van der Waals surface area contributed by atoms with Crippen LogP contribution in [0.1, 0.15) is 30.9 Å². The summed E-state index contributed by atoms with van der Waals surface area (Å²) in [5.74, 6) is -1.24. The highest BCUT2D eigenvalue weighted by Crippen LogP contribution is 2.38. The number of nitrogens with zero attached hydrogens (tertiary/aromatic N) is 2.